The lowest BCUT2D eigenvalue weighted by atomic mass is 9.61. The Balaban J connectivity index is 1.53. The molecule has 2 heteroatoms. The molecule has 0 bridgehead atoms. The first kappa shape index (κ1) is 20.2. The molecular formula is C26H40NO+. The van der Waals surface area contributed by atoms with Gasteiger partial charge in [-0.2, -0.15) is 0 Å². The van der Waals surface area contributed by atoms with Crippen LogP contribution in [0, 0.1) is 23.2 Å². The maximum atomic E-state index is 6.98. The molecule has 1 heterocycles. The number of hydrogen-bond acceptors (Lipinski definition) is 1. The molecule has 3 aliphatic rings. The Bertz CT molecular complexity index is 677. The van der Waals surface area contributed by atoms with Crippen LogP contribution in [0.4, 0.5) is 0 Å². The molecule has 0 spiro atoms. The van der Waals surface area contributed by atoms with E-state index in [0.29, 0.717) is 18.1 Å². The molecule has 1 aliphatic heterocycles. The summed E-state index contributed by atoms with van der Waals surface area (Å²) < 4.78 is 7.99. The Labute approximate surface area is 172 Å². The van der Waals surface area contributed by atoms with Gasteiger partial charge in [0.1, 0.15) is 6.54 Å². The molecule has 5 atom stereocenters. The standard InChI is InChI=1S/C26H40NO/c1-26(2,19-27(3,4)18-20-12-6-5-7-13-20)25-23-16-9-8-14-21(23)22-15-10-11-17-24(22)28-25/h5-8,12-14,21-25H,9-11,15-19H2,1-4H3/q+1. The van der Waals surface area contributed by atoms with E-state index < -0.39 is 0 Å². The summed E-state index contributed by atoms with van der Waals surface area (Å²) >= 11 is 0. The third kappa shape index (κ3) is 4.24. The molecule has 4 rings (SSSR count). The Kier molecular flexibility index (Phi) is 5.73. The normalized spacial score (nSPS) is 33.2. The maximum Gasteiger partial charge on any atom is 0.104 e. The molecule has 1 saturated heterocycles. The minimum atomic E-state index is 0.175. The minimum absolute atomic E-state index is 0.175. The van der Waals surface area contributed by atoms with E-state index in [0.717, 1.165) is 29.4 Å². The molecule has 0 N–H and O–H groups in total. The Morgan fingerprint density at radius 2 is 1.75 bits per heavy atom. The summed E-state index contributed by atoms with van der Waals surface area (Å²) in [5.41, 5.74) is 1.60. The fourth-order valence-electron chi connectivity index (χ4n) is 6.81. The van der Waals surface area contributed by atoms with E-state index in [9.17, 15) is 0 Å². The van der Waals surface area contributed by atoms with Crippen molar-refractivity contribution in [2.45, 2.75) is 71.1 Å². The molecule has 1 aromatic rings. The number of allylic oxidation sites excluding steroid dienone is 2. The summed E-state index contributed by atoms with van der Waals surface area (Å²) in [6.07, 6.45) is 13.9. The van der Waals surface area contributed by atoms with Crippen molar-refractivity contribution < 1.29 is 9.22 Å². The molecule has 0 amide bonds. The fourth-order valence-corrected chi connectivity index (χ4v) is 6.81. The van der Waals surface area contributed by atoms with Crippen LogP contribution in [-0.2, 0) is 11.3 Å². The van der Waals surface area contributed by atoms with E-state index in [-0.39, 0.29) is 5.41 Å². The summed E-state index contributed by atoms with van der Waals surface area (Å²) in [6.45, 7) is 7.18. The van der Waals surface area contributed by atoms with Crippen LogP contribution in [0.2, 0.25) is 0 Å². The molecule has 2 aliphatic carbocycles. The molecule has 0 radical (unpaired) electrons. The van der Waals surface area contributed by atoms with Crippen molar-refractivity contribution in [2.24, 2.45) is 23.2 Å². The highest BCUT2D eigenvalue weighted by molar-refractivity contribution is 5.13. The molecule has 154 valence electrons. The summed E-state index contributed by atoms with van der Waals surface area (Å²) in [7, 11) is 4.78. The lowest BCUT2D eigenvalue weighted by molar-refractivity contribution is -0.910. The van der Waals surface area contributed by atoms with E-state index in [1.54, 1.807) is 0 Å². The monoisotopic (exact) mass is 382 g/mol. The average Bonchev–Trinajstić information content (AvgIpc) is 2.67. The third-order valence-corrected chi connectivity index (χ3v) is 7.54. The molecular weight excluding hydrogens is 342 g/mol. The second-order valence-electron chi connectivity index (χ2n) is 11.0. The fraction of sp³-hybridized carbons (Fsp3) is 0.692. The van der Waals surface area contributed by atoms with E-state index in [2.05, 4.69) is 70.4 Å². The Hall–Kier alpha value is -1.12. The predicted octanol–water partition coefficient (Wildman–Crippen LogP) is 5.83. The van der Waals surface area contributed by atoms with Crippen molar-refractivity contribution in [2.75, 3.05) is 20.6 Å². The van der Waals surface area contributed by atoms with E-state index in [1.807, 2.05) is 0 Å². The van der Waals surface area contributed by atoms with Crippen LogP contribution >= 0.6 is 0 Å². The van der Waals surface area contributed by atoms with Crippen molar-refractivity contribution in [3.63, 3.8) is 0 Å². The van der Waals surface area contributed by atoms with Gasteiger partial charge in [0.25, 0.3) is 0 Å². The molecule has 1 saturated carbocycles. The zero-order valence-electron chi connectivity index (χ0n) is 18.4. The summed E-state index contributed by atoms with van der Waals surface area (Å²) in [5.74, 6) is 2.23. The highest BCUT2D eigenvalue weighted by Crippen LogP contribution is 2.50. The Morgan fingerprint density at radius 3 is 2.54 bits per heavy atom. The third-order valence-electron chi connectivity index (χ3n) is 7.54. The second kappa shape index (κ2) is 7.95. The zero-order chi connectivity index (χ0) is 19.8. The van der Waals surface area contributed by atoms with Crippen molar-refractivity contribution >= 4 is 0 Å². The largest absolute Gasteiger partial charge is 0.374 e. The van der Waals surface area contributed by atoms with E-state index in [4.69, 9.17) is 4.74 Å². The van der Waals surface area contributed by atoms with Gasteiger partial charge < -0.3 is 9.22 Å². The van der Waals surface area contributed by atoms with Crippen LogP contribution in [-0.4, -0.2) is 37.3 Å². The van der Waals surface area contributed by atoms with Crippen LogP contribution in [0.5, 0.6) is 0 Å². The lowest BCUT2D eigenvalue weighted by Crippen LogP contribution is -2.58. The topological polar surface area (TPSA) is 9.23 Å². The summed E-state index contributed by atoms with van der Waals surface area (Å²) in [5, 5.41) is 0. The van der Waals surface area contributed by atoms with Crippen LogP contribution in [0.1, 0.15) is 57.9 Å². The van der Waals surface area contributed by atoms with Crippen molar-refractivity contribution in [1.29, 1.82) is 0 Å². The van der Waals surface area contributed by atoms with Crippen molar-refractivity contribution in [3.05, 3.63) is 48.0 Å². The van der Waals surface area contributed by atoms with Crippen LogP contribution in [0.3, 0.4) is 0 Å². The molecule has 28 heavy (non-hydrogen) atoms. The highest BCUT2D eigenvalue weighted by atomic mass is 16.5. The quantitative estimate of drug-likeness (QED) is 0.460. The predicted molar refractivity (Wildman–Crippen MR) is 117 cm³/mol. The van der Waals surface area contributed by atoms with Gasteiger partial charge in [0, 0.05) is 11.0 Å². The number of nitrogens with zero attached hydrogens (tertiary/aromatic N) is 1. The van der Waals surface area contributed by atoms with Gasteiger partial charge in [0.05, 0.1) is 32.8 Å². The van der Waals surface area contributed by atoms with Gasteiger partial charge in [-0.25, -0.2) is 0 Å². The summed E-state index contributed by atoms with van der Waals surface area (Å²) in [4.78, 5) is 0. The minimum Gasteiger partial charge on any atom is -0.374 e. The first-order chi connectivity index (χ1) is 13.4. The Morgan fingerprint density at radius 1 is 1.00 bits per heavy atom. The van der Waals surface area contributed by atoms with Crippen LogP contribution in [0.25, 0.3) is 0 Å². The van der Waals surface area contributed by atoms with Crippen LogP contribution in [0.15, 0.2) is 42.5 Å². The number of benzene rings is 1. The SMILES string of the molecule is CC(C)(C[N+](C)(C)Cc1ccccc1)C1OC2CCCCC2C2C=CCCC21. The van der Waals surface area contributed by atoms with Crippen molar-refractivity contribution in [1.82, 2.24) is 0 Å². The first-order valence-electron chi connectivity index (χ1n) is 11.5. The van der Waals surface area contributed by atoms with Gasteiger partial charge in [-0.1, -0.05) is 69.2 Å². The van der Waals surface area contributed by atoms with Crippen LogP contribution < -0.4 is 0 Å². The first-order valence-corrected chi connectivity index (χ1v) is 11.5. The molecule has 1 aromatic carbocycles. The summed E-state index contributed by atoms with van der Waals surface area (Å²) in [6, 6.07) is 11.0. The highest BCUT2D eigenvalue weighted by Gasteiger charge is 2.51. The molecule has 5 unspecified atom stereocenters. The number of hydrogen-bond donors (Lipinski definition) is 0. The van der Waals surface area contributed by atoms with Gasteiger partial charge >= 0.3 is 0 Å². The van der Waals surface area contributed by atoms with Gasteiger partial charge in [0.2, 0.25) is 0 Å². The smallest absolute Gasteiger partial charge is 0.104 e. The second-order valence-corrected chi connectivity index (χ2v) is 11.0. The molecule has 2 fully saturated rings. The number of quaternary nitrogens is 1. The zero-order valence-corrected chi connectivity index (χ0v) is 18.4. The molecule has 2 nitrogen and oxygen atoms in total. The van der Waals surface area contributed by atoms with Crippen molar-refractivity contribution in [3.8, 4) is 0 Å². The number of rotatable bonds is 5. The van der Waals surface area contributed by atoms with E-state index in [1.165, 1.54) is 44.1 Å². The number of fused-ring (bicyclic) bond motifs is 3. The molecule has 0 aromatic heterocycles. The lowest BCUT2D eigenvalue weighted by Gasteiger charge is -2.54. The van der Waals surface area contributed by atoms with E-state index >= 15 is 0 Å². The van der Waals surface area contributed by atoms with Gasteiger partial charge in [0.15, 0.2) is 0 Å². The van der Waals surface area contributed by atoms with Gasteiger partial charge in [-0.05, 0) is 43.4 Å². The number of ether oxygens (including phenoxy) is 1. The van der Waals surface area contributed by atoms with Gasteiger partial charge in [-0.3, -0.25) is 0 Å². The van der Waals surface area contributed by atoms with Gasteiger partial charge in [-0.15, -0.1) is 0 Å². The maximum absolute atomic E-state index is 6.98. The average molecular weight is 383 g/mol.